The van der Waals surface area contributed by atoms with Crippen molar-refractivity contribution in [3.63, 3.8) is 0 Å². The SMILES string of the molecule is CNc1nc2ccc(-c3cnc(C)c(NC(=O)OC4CCCCC4)c3)cc2s1. The number of rotatable bonds is 4. The van der Waals surface area contributed by atoms with Crippen LogP contribution in [0.2, 0.25) is 0 Å². The second kappa shape index (κ2) is 8.14. The van der Waals surface area contributed by atoms with E-state index in [0.29, 0.717) is 5.69 Å². The fraction of sp³-hybridized carbons (Fsp3) is 0.381. The Balaban J connectivity index is 1.53. The molecule has 0 unspecified atom stereocenters. The van der Waals surface area contributed by atoms with Crippen molar-refractivity contribution < 1.29 is 9.53 Å². The van der Waals surface area contributed by atoms with Crippen LogP contribution in [-0.4, -0.2) is 29.2 Å². The number of carbonyl (C=O) groups excluding carboxylic acids is 1. The van der Waals surface area contributed by atoms with Gasteiger partial charge in [0, 0.05) is 18.8 Å². The van der Waals surface area contributed by atoms with Gasteiger partial charge in [-0.3, -0.25) is 10.3 Å². The van der Waals surface area contributed by atoms with E-state index in [9.17, 15) is 4.79 Å². The number of thiazole rings is 1. The van der Waals surface area contributed by atoms with E-state index in [4.69, 9.17) is 4.74 Å². The van der Waals surface area contributed by atoms with E-state index in [0.717, 1.165) is 57.9 Å². The summed E-state index contributed by atoms with van der Waals surface area (Å²) in [5.41, 5.74) is 4.39. The Bertz CT molecular complexity index is 995. The maximum absolute atomic E-state index is 12.3. The average Bonchev–Trinajstić information content (AvgIpc) is 3.13. The van der Waals surface area contributed by atoms with Gasteiger partial charge in [-0.25, -0.2) is 9.78 Å². The van der Waals surface area contributed by atoms with Crippen molar-refractivity contribution in [2.45, 2.75) is 45.1 Å². The molecule has 1 amide bonds. The first-order chi connectivity index (χ1) is 13.6. The molecular weight excluding hydrogens is 372 g/mol. The van der Waals surface area contributed by atoms with E-state index in [1.165, 1.54) is 6.42 Å². The van der Waals surface area contributed by atoms with Crippen LogP contribution in [0.3, 0.4) is 0 Å². The molecule has 1 aromatic carbocycles. The number of fused-ring (bicyclic) bond motifs is 1. The highest BCUT2D eigenvalue weighted by Crippen LogP contribution is 2.31. The van der Waals surface area contributed by atoms with E-state index in [1.807, 2.05) is 38.4 Å². The highest BCUT2D eigenvalue weighted by atomic mass is 32.1. The third-order valence-corrected chi connectivity index (χ3v) is 6.12. The maximum atomic E-state index is 12.3. The van der Waals surface area contributed by atoms with Gasteiger partial charge >= 0.3 is 6.09 Å². The Labute approximate surface area is 168 Å². The lowest BCUT2D eigenvalue weighted by molar-refractivity contribution is 0.0865. The highest BCUT2D eigenvalue weighted by molar-refractivity contribution is 7.22. The third-order valence-electron chi connectivity index (χ3n) is 5.09. The number of hydrogen-bond acceptors (Lipinski definition) is 6. The van der Waals surface area contributed by atoms with Gasteiger partial charge in [-0.05, 0) is 56.4 Å². The molecule has 1 saturated carbocycles. The van der Waals surface area contributed by atoms with Gasteiger partial charge in [-0.15, -0.1) is 0 Å². The van der Waals surface area contributed by atoms with Crippen LogP contribution in [0, 0.1) is 6.92 Å². The molecule has 3 aromatic rings. The molecular formula is C21H24N4O2S. The molecule has 0 bridgehead atoms. The summed E-state index contributed by atoms with van der Waals surface area (Å²) in [6.45, 7) is 1.88. The van der Waals surface area contributed by atoms with Gasteiger partial charge in [0.25, 0.3) is 0 Å². The summed E-state index contributed by atoms with van der Waals surface area (Å²) in [5, 5.41) is 6.85. The van der Waals surface area contributed by atoms with Gasteiger partial charge in [0.2, 0.25) is 0 Å². The molecule has 28 heavy (non-hydrogen) atoms. The Morgan fingerprint density at radius 3 is 2.79 bits per heavy atom. The lowest BCUT2D eigenvalue weighted by atomic mass is 9.98. The van der Waals surface area contributed by atoms with Crippen LogP contribution in [0.1, 0.15) is 37.8 Å². The first-order valence-electron chi connectivity index (χ1n) is 9.65. The molecule has 2 aromatic heterocycles. The summed E-state index contributed by atoms with van der Waals surface area (Å²) in [5.74, 6) is 0. The molecule has 1 aliphatic carbocycles. The molecule has 2 N–H and O–H groups in total. The zero-order chi connectivity index (χ0) is 19.5. The zero-order valence-electron chi connectivity index (χ0n) is 16.1. The number of carbonyl (C=O) groups is 1. The van der Waals surface area contributed by atoms with Gasteiger partial charge in [-0.1, -0.05) is 23.8 Å². The summed E-state index contributed by atoms with van der Waals surface area (Å²) in [6.07, 6.45) is 6.85. The van der Waals surface area contributed by atoms with Crippen LogP contribution in [-0.2, 0) is 4.74 Å². The molecule has 0 aliphatic heterocycles. The van der Waals surface area contributed by atoms with E-state index in [-0.39, 0.29) is 6.10 Å². The van der Waals surface area contributed by atoms with Gasteiger partial charge < -0.3 is 10.1 Å². The van der Waals surface area contributed by atoms with Crippen LogP contribution >= 0.6 is 11.3 Å². The largest absolute Gasteiger partial charge is 0.446 e. The van der Waals surface area contributed by atoms with Gasteiger partial charge in [0.15, 0.2) is 5.13 Å². The number of amides is 1. The van der Waals surface area contributed by atoms with Crippen molar-refractivity contribution in [2.75, 3.05) is 17.7 Å². The van der Waals surface area contributed by atoms with Crippen LogP contribution < -0.4 is 10.6 Å². The lowest BCUT2D eigenvalue weighted by Gasteiger charge is -2.22. The second-order valence-electron chi connectivity index (χ2n) is 7.10. The molecule has 7 heteroatoms. The number of benzene rings is 1. The van der Waals surface area contributed by atoms with Crippen LogP contribution in [0.4, 0.5) is 15.6 Å². The summed E-state index contributed by atoms with van der Waals surface area (Å²) in [6, 6.07) is 8.08. The Kier molecular flexibility index (Phi) is 5.43. The molecule has 1 fully saturated rings. The molecule has 0 atom stereocenters. The average molecular weight is 397 g/mol. The molecule has 0 spiro atoms. The Morgan fingerprint density at radius 1 is 1.18 bits per heavy atom. The molecule has 1 aliphatic rings. The molecule has 146 valence electrons. The standard InChI is InChI=1S/C21H24N4O2S/c1-13-18(25-21(26)27-16-6-4-3-5-7-16)10-15(12-23-13)14-8-9-17-19(11-14)28-20(22-2)24-17/h8-12,16H,3-7H2,1-2H3,(H,22,24)(H,25,26). The van der Waals surface area contributed by atoms with Crippen LogP contribution in [0.25, 0.3) is 21.3 Å². The Hall–Kier alpha value is -2.67. The quantitative estimate of drug-likeness (QED) is 0.601. The van der Waals surface area contributed by atoms with E-state index < -0.39 is 6.09 Å². The molecule has 4 rings (SSSR count). The van der Waals surface area contributed by atoms with Crippen molar-refractivity contribution >= 4 is 38.5 Å². The lowest BCUT2D eigenvalue weighted by Crippen LogP contribution is -2.24. The van der Waals surface area contributed by atoms with Crippen molar-refractivity contribution in [1.82, 2.24) is 9.97 Å². The molecule has 2 heterocycles. The highest BCUT2D eigenvalue weighted by Gasteiger charge is 2.18. The topological polar surface area (TPSA) is 76.1 Å². The van der Waals surface area contributed by atoms with E-state index >= 15 is 0 Å². The minimum Gasteiger partial charge on any atom is -0.446 e. The van der Waals surface area contributed by atoms with E-state index in [1.54, 1.807) is 11.3 Å². The number of pyridine rings is 1. The van der Waals surface area contributed by atoms with Crippen molar-refractivity contribution in [3.8, 4) is 11.1 Å². The summed E-state index contributed by atoms with van der Waals surface area (Å²) >= 11 is 1.61. The number of ether oxygens (including phenoxy) is 1. The van der Waals surface area contributed by atoms with Gasteiger partial charge in [0.1, 0.15) is 6.10 Å². The normalized spacial score (nSPS) is 14.8. The van der Waals surface area contributed by atoms with E-state index in [2.05, 4.69) is 26.7 Å². The number of hydrogen-bond donors (Lipinski definition) is 2. The first-order valence-corrected chi connectivity index (χ1v) is 10.5. The summed E-state index contributed by atoms with van der Waals surface area (Å²) in [4.78, 5) is 21.3. The predicted octanol–water partition coefficient (Wildman–Crippen LogP) is 5.59. The maximum Gasteiger partial charge on any atom is 0.411 e. The fourth-order valence-corrected chi connectivity index (χ4v) is 4.36. The van der Waals surface area contributed by atoms with Gasteiger partial charge in [0.05, 0.1) is 21.6 Å². The number of aromatic nitrogens is 2. The van der Waals surface area contributed by atoms with Crippen molar-refractivity contribution in [3.05, 3.63) is 36.2 Å². The second-order valence-corrected chi connectivity index (χ2v) is 8.13. The zero-order valence-corrected chi connectivity index (χ0v) is 16.9. The predicted molar refractivity (Wildman–Crippen MR) is 114 cm³/mol. The third kappa shape index (κ3) is 4.09. The minimum absolute atomic E-state index is 0.0281. The number of nitrogens with one attached hydrogen (secondary N) is 2. The minimum atomic E-state index is -0.398. The summed E-state index contributed by atoms with van der Waals surface area (Å²) < 4.78 is 6.68. The first kappa shape index (κ1) is 18.7. The molecule has 0 saturated heterocycles. The van der Waals surface area contributed by atoms with Crippen molar-refractivity contribution in [1.29, 1.82) is 0 Å². The number of nitrogens with zero attached hydrogens (tertiary/aromatic N) is 2. The number of aryl methyl sites for hydroxylation is 1. The monoisotopic (exact) mass is 396 g/mol. The fourth-order valence-electron chi connectivity index (χ4n) is 3.50. The van der Waals surface area contributed by atoms with Crippen molar-refractivity contribution in [2.24, 2.45) is 0 Å². The van der Waals surface area contributed by atoms with Gasteiger partial charge in [-0.2, -0.15) is 0 Å². The molecule has 6 nitrogen and oxygen atoms in total. The summed E-state index contributed by atoms with van der Waals surface area (Å²) in [7, 11) is 1.87. The smallest absolute Gasteiger partial charge is 0.411 e. The van der Waals surface area contributed by atoms with Crippen LogP contribution in [0.5, 0.6) is 0 Å². The Morgan fingerprint density at radius 2 is 2.00 bits per heavy atom. The number of anilines is 2. The molecule has 0 radical (unpaired) electrons. The van der Waals surface area contributed by atoms with Crippen LogP contribution in [0.15, 0.2) is 30.5 Å².